The molecule has 1 aromatic rings. The number of carbonyl (C=O) groups is 1. The molecule has 0 radical (unpaired) electrons. The van der Waals surface area contributed by atoms with Crippen LogP contribution in [0, 0.1) is 23.0 Å². The van der Waals surface area contributed by atoms with Crippen molar-refractivity contribution in [3.63, 3.8) is 0 Å². The highest BCUT2D eigenvalue weighted by Crippen LogP contribution is 2.10. The number of carbonyl (C=O) groups excluding carboxylic acids is 1. The monoisotopic (exact) mass is 224 g/mol. The molecule has 16 heavy (non-hydrogen) atoms. The van der Waals surface area contributed by atoms with Gasteiger partial charge in [0.25, 0.3) is 0 Å². The molecule has 0 aliphatic rings. The fourth-order valence-corrected chi connectivity index (χ4v) is 1.16. The van der Waals surface area contributed by atoms with Crippen molar-refractivity contribution in [2.75, 3.05) is 13.6 Å². The van der Waals surface area contributed by atoms with E-state index in [1.54, 1.807) is 0 Å². The molecule has 0 heterocycles. The topological polar surface area (TPSA) is 44.1 Å². The third kappa shape index (κ3) is 3.02. The summed E-state index contributed by atoms with van der Waals surface area (Å²) in [5, 5.41) is 8.38. The molecule has 0 bridgehead atoms. The molecule has 1 amide bonds. The molecule has 3 nitrogen and oxygen atoms in total. The molecule has 1 rings (SSSR count). The van der Waals surface area contributed by atoms with Crippen molar-refractivity contribution in [3.8, 4) is 6.07 Å². The van der Waals surface area contributed by atoms with Gasteiger partial charge in [-0.05, 0) is 11.6 Å². The quantitative estimate of drug-likeness (QED) is 0.730. The molecule has 0 unspecified atom stereocenters. The third-order valence-electron chi connectivity index (χ3n) is 2.09. The largest absolute Gasteiger partial charge is 0.332 e. The lowest BCUT2D eigenvalue weighted by Gasteiger charge is -2.13. The standard InChI is InChI=1S/C11H10F2N2O/c1-15(5-4-14)11(16)6-8-2-3-9(12)7-10(8)13/h2-3,7H,5-6H2,1H3. The Morgan fingerprint density at radius 3 is 2.75 bits per heavy atom. The summed E-state index contributed by atoms with van der Waals surface area (Å²) in [5.41, 5.74) is 0.121. The van der Waals surface area contributed by atoms with Crippen LogP contribution in [0.3, 0.4) is 0 Å². The van der Waals surface area contributed by atoms with Gasteiger partial charge < -0.3 is 4.90 Å². The van der Waals surface area contributed by atoms with Crippen LogP contribution in [0.5, 0.6) is 0 Å². The molecule has 0 N–H and O–H groups in total. The zero-order valence-electron chi connectivity index (χ0n) is 8.70. The minimum absolute atomic E-state index is 0.0539. The summed E-state index contributed by atoms with van der Waals surface area (Å²) in [4.78, 5) is 12.6. The molecule has 0 saturated carbocycles. The van der Waals surface area contributed by atoms with Gasteiger partial charge in [0, 0.05) is 13.1 Å². The summed E-state index contributed by atoms with van der Waals surface area (Å²) in [5.74, 6) is -1.81. The van der Waals surface area contributed by atoms with E-state index in [2.05, 4.69) is 0 Å². The van der Waals surface area contributed by atoms with E-state index in [-0.39, 0.29) is 24.4 Å². The van der Waals surface area contributed by atoms with Crippen LogP contribution in [0.15, 0.2) is 18.2 Å². The zero-order chi connectivity index (χ0) is 12.1. The Morgan fingerprint density at radius 2 is 2.19 bits per heavy atom. The number of rotatable bonds is 3. The summed E-state index contributed by atoms with van der Waals surface area (Å²) in [7, 11) is 1.45. The van der Waals surface area contributed by atoms with Crippen molar-refractivity contribution in [1.29, 1.82) is 5.26 Å². The average Bonchev–Trinajstić information content (AvgIpc) is 2.22. The number of benzene rings is 1. The molecule has 0 aromatic heterocycles. The molecule has 1 aromatic carbocycles. The van der Waals surface area contributed by atoms with Crippen LogP contribution in [-0.2, 0) is 11.2 Å². The molecule has 5 heteroatoms. The Hall–Kier alpha value is -1.96. The smallest absolute Gasteiger partial charge is 0.227 e. The van der Waals surface area contributed by atoms with E-state index in [1.807, 2.05) is 6.07 Å². The van der Waals surface area contributed by atoms with E-state index < -0.39 is 11.6 Å². The number of hydrogen-bond donors (Lipinski definition) is 0. The lowest BCUT2D eigenvalue weighted by molar-refractivity contribution is -0.128. The van der Waals surface area contributed by atoms with Crippen molar-refractivity contribution in [2.45, 2.75) is 6.42 Å². The minimum atomic E-state index is -0.751. The summed E-state index contributed by atoms with van der Waals surface area (Å²) in [6.07, 6.45) is -0.176. The fourth-order valence-electron chi connectivity index (χ4n) is 1.16. The van der Waals surface area contributed by atoms with E-state index in [4.69, 9.17) is 5.26 Å². The molecule has 0 aliphatic carbocycles. The maximum Gasteiger partial charge on any atom is 0.227 e. The van der Waals surface area contributed by atoms with Gasteiger partial charge in [-0.2, -0.15) is 5.26 Å². The van der Waals surface area contributed by atoms with Crippen LogP contribution in [0.2, 0.25) is 0 Å². The predicted octanol–water partition coefficient (Wildman–Crippen LogP) is 1.49. The highest BCUT2D eigenvalue weighted by molar-refractivity contribution is 5.78. The summed E-state index contributed by atoms with van der Waals surface area (Å²) in [6.45, 7) is -0.0539. The average molecular weight is 224 g/mol. The molecule has 84 valence electrons. The maximum atomic E-state index is 13.2. The third-order valence-corrected chi connectivity index (χ3v) is 2.09. The predicted molar refractivity (Wildman–Crippen MR) is 53.3 cm³/mol. The fraction of sp³-hybridized carbons (Fsp3) is 0.273. The Morgan fingerprint density at radius 1 is 1.50 bits per heavy atom. The Kier molecular flexibility index (Phi) is 3.95. The lowest BCUT2D eigenvalue weighted by Crippen LogP contribution is -2.28. The van der Waals surface area contributed by atoms with E-state index >= 15 is 0 Å². The minimum Gasteiger partial charge on any atom is -0.332 e. The van der Waals surface area contributed by atoms with E-state index in [9.17, 15) is 13.6 Å². The van der Waals surface area contributed by atoms with Crippen LogP contribution >= 0.6 is 0 Å². The van der Waals surface area contributed by atoms with E-state index in [0.29, 0.717) is 0 Å². The van der Waals surface area contributed by atoms with Crippen molar-refractivity contribution in [1.82, 2.24) is 4.90 Å². The van der Waals surface area contributed by atoms with E-state index in [0.717, 1.165) is 12.1 Å². The van der Waals surface area contributed by atoms with Crippen LogP contribution in [0.4, 0.5) is 8.78 Å². The number of halogens is 2. The second-order valence-corrected chi connectivity index (χ2v) is 3.32. The first-order chi connectivity index (χ1) is 7.54. The van der Waals surface area contributed by atoms with Gasteiger partial charge in [0.15, 0.2) is 0 Å². The Balaban J connectivity index is 2.74. The zero-order valence-corrected chi connectivity index (χ0v) is 8.70. The van der Waals surface area contributed by atoms with Gasteiger partial charge in [0.05, 0.1) is 12.5 Å². The van der Waals surface area contributed by atoms with Gasteiger partial charge >= 0.3 is 0 Å². The highest BCUT2D eigenvalue weighted by atomic mass is 19.1. The lowest BCUT2D eigenvalue weighted by atomic mass is 10.1. The maximum absolute atomic E-state index is 13.2. The summed E-state index contributed by atoms with van der Waals surface area (Å²) in [6, 6.07) is 4.86. The van der Waals surface area contributed by atoms with Gasteiger partial charge in [0.2, 0.25) is 5.91 Å². The van der Waals surface area contributed by atoms with Crippen molar-refractivity contribution >= 4 is 5.91 Å². The highest BCUT2D eigenvalue weighted by Gasteiger charge is 2.12. The number of nitriles is 1. The van der Waals surface area contributed by atoms with Crippen LogP contribution in [-0.4, -0.2) is 24.4 Å². The Labute approximate surface area is 91.9 Å². The Bertz CT molecular complexity index is 440. The van der Waals surface area contributed by atoms with Crippen LogP contribution in [0.25, 0.3) is 0 Å². The van der Waals surface area contributed by atoms with Gasteiger partial charge in [-0.15, -0.1) is 0 Å². The number of nitrogens with zero attached hydrogens (tertiary/aromatic N) is 2. The first-order valence-electron chi connectivity index (χ1n) is 4.59. The van der Waals surface area contributed by atoms with Crippen molar-refractivity contribution < 1.29 is 13.6 Å². The number of amides is 1. The van der Waals surface area contributed by atoms with Crippen molar-refractivity contribution in [2.24, 2.45) is 0 Å². The van der Waals surface area contributed by atoms with Crippen LogP contribution < -0.4 is 0 Å². The number of hydrogen-bond acceptors (Lipinski definition) is 2. The van der Waals surface area contributed by atoms with Gasteiger partial charge in [0.1, 0.15) is 18.2 Å². The second-order valence-electron chi connectivity index (χ2n) is 3.32. The normalized spacial score (nSPS) is 9.62. The van der Waals surface area contributed by atoms with Gasteiger partial charge in [-0.3, -0.25) is 4.79 Å². The molecular weight excluding hydrogens is 214 g/mol. The molecule has 0 saturated heterocycles. The molecular formula is C11H10F2N2O. The van der Waals surface area contributed by atoms with E-state index in [1.165, 1.54) is 18.0 Å². The molecule has 0 fully saturated rings. The SMILES string of the molecule is CN(CC#N)C(=O)Cc1ccc(F)cc1F. The van der Waals surface area contributed by atoms with Gasteiger partial charge in [-0.1, -0.05) is 6.07 Å². The molecule has 0 spiro atoms. The summed E-state index contributed by atoms with van der Waals surface area (Å²) < 4.78 is 25.8. The van der Waals surface area contributed by atoms with Crippen LogP contribution in [0.1, 0.15) is 5.56 Å². The molecule has 0 aliphatic heterocycles. The second kappa shape index (κ2) is 5.21. The molecule has 0 atom stereocenters. The summed E-state index contributed by atoms with van der Waals surface area (Å²) >= 11 is 0. The first kappa shape index (κ1) is 12.1. The van der Waals surface area contributed by atoms with Gasteiger partial charge in [-0.25, -0.2) is 8.78 Å². The van der Waals surface area contributed by atoms with Crippen molar-refractivity contribution in [3.05, 3.63) is 35.4 Å². The number of likely N-dealkylation sites (N-methyl/N-ethyl adjacent to an activating group) is 1. The first-order valence-corrected chi connectivity index (χ1v) is 4.59.